The average Bonchev–Trinajstić information content (AvgIpc) is 3.84. The maximum atomic E-state index is 14.1. The number of amides is 3. The van der Waals surface area contributed by atoms with E-state index in [4.69, 9.17) is 37.4 Å². The van der Waals surface area contributed by atoms with E-state index in [0.717, 1.165) is 21.9 Å². The minimum Gasteiger partial charge on any atom is -0.497 e. The predicted molar refractivity (Wildman–Crippen MR) is 192 cm³/mol. The van der Waals surface area contributed by atoms with E-state index < -0.39 is 11.8 Å². The fourth-order valence-corrected chi connectivity index (χ4v) is 11.6. The van der Waals surface area contributed by atoms with Gasteiger partial charge in [-0.3, -0.25) is 24.1 Å². The number of rotatable bonds is 9. The summed E-state index contributed by atoms with van der Waals surface area (Å²) in [5.74, 6) is -0.291. The minimum atomic E-state index is -0.431. The molecule has 10 nitrogen and oxygen atoms in total. The van der Waals surface area contributed by atoms with Crippen LogP contribution in [-0.2, 0) is 14.4 Å². The molecule has 3 fully saturated rings. The van der Waals surface area contributed by atoms with E-state index >= 15 is 0 Å². The summed E-state index contributed by atoms with van der Waals surface area (Å²) in [5.41, 5.74) is 1.95. The molecule has 50 heavy (non-hydrogen) atoms. The Bertz CT molecular complexity index is 2090. The van der Waals surface area contributed by atoms with Crippen LogP contribution >= 0.6 is 46.3 Å². The Hall–Kier alpha value is -3.97. The first kappa shape index (κ1) is 33.2. The topological polar surface area (TPSA) is 127 Å². The fraction of sp³-hybridized carbons (Fsp3) is 0.333. The van der Waals surface area contributed by atoms with Crippen molar-refractivity contribution in [2.45, 2.75) is 29.5 Å². The fourth-order valence-electron chi connectivity index (χ4n) is 8.40. The SMILES string of the molecule is CCOc1cc([C@@H]2c3sc(=O)[nH]c3S[C@@H]3[C@@H]4C[C@@H]([C@@H]5C(=O)N(c6ccc(OC)cc6)C(=O)[C@@H]45)[C@H]23)ccc1OCC(=O)Nc1ccc(Cl)c(Cl)c1. The third-order valence-electron chi connectivity index (χ3n) is 10.2. The van der Waals surface area contributed by atoms with E-state index in [0.29, 0.717) is 45.3 Å². The highest BCUT2D eigenvalue weighted by molar-refractivity contribution is 8.00. The van der Waals surface area contributed by atoms with Gasteiger partial charge in [0.05, 0.1) is 46.3 Å². The van der Waals surface area contributed by atoms with Crippen molar-refractivity contribution in [3.05, 3.63) is 90.8 Å². The largest absolute Gasteiger partial charge is 0.497 e. The Morgan fingerprint density at radius 1 is 0.940 bits per heavy atom. The molecule has 2 N–H and O–H groups in total. The molecule has 8 rings (SSSR count). The first-order valence-corrected chi connectivity index (χ1v) is 18.7. The molecule has 2 bridgehead atoms. The van der Waals surface area contributed by atoms with Gasteiger partial charge in [-0.1, -0.05) is 40.6 Å². The second kappa shape index (κ2) is 13.0. The number of hydrogen-bond acceptors (Lipinski definition) is 9. The van der Waals surface area contributed by atoms with Crippen LogP contribution in [0, 0.1) is 29.6 Å². The Morgan fingerprint density at radius 2 is 1.70 bits per heavy atom. The lowest BCUT2D eigenvalue weighted by atomic mass is 9.68. The Labute approximate surface area is 305 Å². The van der Waals surface area contributed by atoms with Crippen LogP contribution in [0.5, 0.6) is 17.2 Å². The molecule has 3 heterocycles. The van der Waals surface area contributed by atoms with Crippen LogP contribution in [0.3, 0.4) is 0 Å². The number of thioether (sulfide) groups is 1. The summed E-state index contributed by atoms with van der Waals surface area (Å²) in [6.07, 6.45) is 0.773. The third-order valence-corrected chi connectivity index (χ3v) is 13.6. The van der Waals surface area contributed by atoms with E-state index in [-0.39, 0.29) is 58.1 Å². The van der Waals surface area contributed by atoms with Crippen molar-refractivity contribution in [2.75, 3.05) is 30.5 Å². The van der Waals surface area contributed by atoms with E-state index in [1.165, 1.54) is 16.2 Å². The van der Waals surface area contributed by atoms with Gasteiger partial charge in [0.25, 0.3) is 5.91 Å². The van der Waals surface area contributed by atoms with Crippen LogP contribution in [0.25, 0.3) is 0 Å². The van der Waals surface area contributed by atoms with Gasteiger partial charge in [0.15, 0.2) is 18.1 Å². The van der Waals surface area contributed by atoms with Crippen LogP contribution in [0.2, 0.25) is 10.0 Å². The highest BCUT2D eigenvalue weighted by Crippen LogP contribution is 2.69. The Balaban J connectivity index is 1.09. The van der Waals surface area contributed by atoms with E-state index in [1.807, 2.05) is 19.1 Å². The first-order chi connectivity index (χ1) is 24.2. The highest BCUT2D eigenvalue weighted by atomic mass is 35.5. The number of nitrogens with zero attached hydrogens (tertiary/aromatic N) is 1. The van der Waals surface area contributed by atoms with Gasteiger partial charge in [-0.25, -0.2) is 0 Å². The molecule has 14 heteroatoms. The molecule has 1 aromatic heterocycles. The van der Waals surface area contributed by atoms with E-state index in [1.54, 1.807) is 67.4 Å². The molecular weight excluding hydrogens is 721 g/mol. The van der Waals surface area contributed by atoms with Crippen molar-refractivity contribution in [3.8, 4) is 17.2 Å². The number of aromatic nitrogens is 1. The molecule has 4 aromatic rings. The summed E-state index contributed by atoms with van der Waals surface area (Å²) < 4.78 is 17.2. The van der Waals surface area contributed by atoms with Gasteiger partial charge < -0.3 is 24.5 Å². The quantitative estimate of drug-likeness (QED) is 0.178. The number of carbonyl (C=O) groups is 3. The summed E-state index contributed by atoms with van der Waals surface area (Å²) in [6, 6.07) is 17.4. The minimum absolute atomic E-state index is 0.0102. The normalized spacial score (nSPS) is 26.0. The Morgan fingerprint density at radius 3 is 2.42 bits per heavy atom. The van der Waals surface area contributed by atoms with Gasteiger partial charge in [-0.15, -0.1) is 11.8 Å². The summed E-state index contributed by atoms with van der Waals surface area (Å²) >= 11 is 14.9. The molecule has 3 amide bonds. The van der Waals surface area contributed by atoms with Crippen molar-refractivity contribution in [3.63, 3.8) is 0 Å². The van der Waals surface area contributed by atoms with Crippen LogP contribution in [0.15, 0.2) is 70.5 Å². The van der Waals surface area contributed by atoms with Crippen LogP contribution < -0.4 is 29.3 Å². The number of H-pyrrole nitrogens is 1. The summed E-state index contributed by atoms with van der Waals surface area (Å²) in [6.45, 7) is 1.95. The number of aromatic amines is 1. The van der Waals surface area contributed by atoms with Gasteiger partial charge in [0.1, 0.15) is 5.75 Å². The number of carbonyl (C=O) groups excluding carboxylic acids is 3. The predicted octanol–water partition coefficient (Wildman–Crippen LogP) is 6.85. The van der Waals surface area contributed by atoms with Crippen LogP contribution in [0.1, 0.15) is 29.7 Å². The van der Waals surface area contributed by atoms with Gasteiger partial charge >= 0.3 is 4.87 Å². The van der Waals surface area contributed by atoms with E-state index in [2.05, 4.69) is 10.3 Å². The second-order valence-corrected chi connectivity index (χ2v) is 15.8. The third kappa shape index (κ3) is 5.47. The van der Waals surface area contributed by atoms with Crippen molar-refractivity contribution in [1.29, 1.82) is 0 Å². The standard InChI is InChI=1S/C36H31Cl2N3O7S2/c1-3-47-25-12-16(4-11-24(25)48-15-26(42)39-17-5-10-22(37)23(38)13-17)27-28-20-14-21(31(28)49-33-32(27)50-36(45)40-33)30-29(20)34(43)41(35(30)44)18-6-8-19(46-2)9-7-18/h4-13,20-21,27-31H,3,14-15H2,1-2H3,(H,39,42)(H,40,45)/t20-,21-,27+,28-,29+,30+,31-/m1/s1. The number of anilines is 2. The zero-order chi connectivity index (χ0) is 34.8. The van der Waals surface area contributed by atoms with Gasteiger partial charge in [0, 0.05) is 21.7 Å². The molecular formula is C36H31Cl2N3O7S2. The number of halogens is 2. The monoisotopic (exact) mass is 751 g/mol. The molecule has 0 unspecified atom stereocenters. The molecule has 4 aliphatic rings. The summed E-state index contributed by atoms with van der Waals surface area (Å²) in [7, 11) is 1.57. The van der Waals surface area contributed by atoms with Crippen molar-refractivity contribution in [1.82, 2.24) is 4.98 Å². The number of hydrogen-bond donors (Lipinski definition) is 2. The summed E-state index contributed by atoms with van der Waals surface area (Å²) in [5, 5.41) is 4.31. The van der Waals surface area contributed by atoms with Gasteiger partial charge in [-0.2, -0.15) is 0 Å². The molecule has 0 spiro atoms. The van der Waals surface area contributed by atoms with Gasteiger partial charge in [-0.05, 0) is 91.3 Å². The number of benzene rings is 3. The maximum Gasteiger partial charge on any atom is 0.305 e. The zero-order valence-electron chi connectivity index (χ0n) is 26.8. The number of thiazole rings is 1. The van der Waals surface area contributed by atoms with Crippen molar-refractivity contribution >= 4 is 75.4 Å². The van der Waals surface area contributed by atoms with Gasteiger partial charge in [0.2, 0.25) is 11.8 Å². The lowest BCUT2D eigenvalue weighted by molar-refractivity contribution is -0.123. The molecule has 1 saturated heterocycles. The molecule has 7 atom stereocenters. The number of fused-ring (bicyclic) bond motifs is 9. The van der Waals surface area contributed by atoms with Crippen molar-refractivity contribution < 1.29 is 28.6 Å². The number of imide groups is 1. The molecule has 3 aromatic carbocycles. The zero-order valence-corrected chi connectivity index (χ0v) is 30.0. The molecule has 2 aliphatic carbocycles. The van der Waals surface area contributed by atoms with Crippen LogP contribution in [-0.4, -0.2) is 48.3 Å². The second-order valence-electron chi connectivity index (χ2n) is 12.8. The number of methoxy groups -OCH3 is 1. The molecule has 2 aliphatic heterocycles. The molecule has 258 valence electrons. The molecule has 0 radical (unpaired) electrons. The highest BCUT2D eigenvalue weighted by Gasteiger charge is 2.69. The lowest BCUT2D eigenvalue weighted by Crippen LogP contribution is -2.42. The lowest BCUT2D eigenvalue weighted by Gasteiger charge is -2.43. The number of ether oxygens (including phenoxy) is 3. The smallest absolute Gasteiger partial charge is 0.305 e. The summed E-state index contributed by atoms with van der Waals surface area (Å²) in [4.78, 5) is 58.7. The Kier molecular flexibility index (Phi) is 8.61. The average molecular weight is 753 g/mol. The maximum absolute atomic E-state index is 14.1. The van der Waals surface area contributed by atoms with Crippen molar-refractivity contribution in [2.24, 2.45) is 29.6 Å². The van der Waals surface area contributed by atoms with Crippen LogP contribution in [0.4, 0.5) is 11.4 Å². The number of nitrogens with one attached hydrogen (secondary N) is 2. The molecule has 2 saturated carbocycles. The van der Waals surface area contributed by atoms with E-state index in [9.17, 15) is 19.2 Å². The first-order valence-electron chi connectivity index (χ1n) is 16.2.